The second-order valence-electron chi connectivity index (χ2n) is 12.9. The van der Waals surface area contributed by atoms with E-state index in [0.717, 1.165) is 27.8 Å². The number of nitrogens with zero attached hydrogens (tertiary/aromatic N) is 2. The smallest absolute Gasteiger partial charge is 0.407 e. The average molecular weight is 646 g/mol. The number of aliphatic hydroxyl groups is 2. The molecule has 1 atom stereocenters. The Bertz CT molecular complexity index is 1500. The molecule has 1 aliphatic carbocycles. The highest BCUT2D eigenvalue weighted by atomic mass is 16.6. The maximum atomic E-state index is 12.7. The van der Waals surface area contributed by atoms with Gasteiger partial charge in [0.1, 0.15) is 18.0 Å². The molecule has 1 aliphatic heterocycles. The lowest BCUT2D eigenvalue weighted by Crippen LogP contribution is -2.51. The van der Waals surface area contributed by atoms with Crippen LogP contribution < -0.4 is 10.1 Å². The van der Waals surface area contributed by atoms with Crippen LogP contribution >= 0.6 is 0 Å². The average Bonchev–Trinajstić information content (AvgIpc) is 3.36. The van der Waals surface area contributed by atoms with Crippen LogP contribution in [0.1, 0.15) is 43.4 Å². The van der Waals surface area contributed by atoms with Crippen LogP contribution in [0.3, 0.4) is 0 Å². The standard InChI is InChI=1S/C36H43N3O8/c1-36(2,3)47-33(41)21-38-16-18-39(19-17-38)32(40)23-45-25-14-12-24(13-15-25)20-31(34(42)43)37-35(44)46-22-30-28-10-6-4-8-26(28)27-9-5-7-11-29(27)30/h4-15,30-31,34,42-43H,16-23H2,1-3H3,(H,37,44)/t31-/m0/s1. The molecule has 2 aliphatic rings. The van der Waals surface area contributed by atoms with E-state index in [-0.39, 0.29) is 44.0 Å². The van der Waals surface area contributed by atoms with Gasteiger partial charge in [0.05, 0.1) is 12.6 Å². The normalized spacial score (nSPS) is 15.5. The van der Waals surface area contributed by atoms with E-state index in [4.69, 9.17) is 14.2 Å². The van der Waals surface area contributed by atoms with Crippen molar-refractivity contribution in [3.05, 3.63) is 89.5 Å². The molecule has 3 aromatic carbocycles. The van der Waals surface area contributed by atoms with E-state index in [2.05, 4.69) is 17.4 Å². The number of ether oxygens (including phenoxy) is 3. The number of benzene rings is 3. The maximum Gasteiger partial charge on any atom is 0.407 e. The van der Waals surface area contributed by atoms with Gasteiger partial charge >= 0.3 is 12.1 Å². The Morgan fingerprint density at radius 3 is 2.04 bits per heavy atom. The van der Waals surface area contributed by atoms with Gasteiger partial charge in [0.2, 0.25) is 0 Å². The quantitative estimate of drug-likeness (QED) is 0.212. The Morgan fingerprint density at radius 2 is 1.47 bits per heavy atom. The van der Waals surface area contributed by atoms with Gasteiger partial charge in [0.15, 0.2) is 12.9 Å². The van der Waals surface area contributed by atoms with Crippen LogP contribution in [0.5, 0.6) is 5.75 Å². The predicted octanol–water partition coefficient (Wildman–Crippen LogP) is 3.31. The highest BCUT2D eigenvalue weighted by molar-refractivity contribution is 5.79. The number of aliphatic hydroxyl groups excluding tert-OH is 1. The minimum absolute atomic E-state index is 0.112. The van der Waals surface area contributed by atoms with Gasteiger partial charge in [0, 0.05) is 32.1 Å². The van der Waals surface area contributed by atoms with E-state index in [1.165, 1.54) is 0 Å². The number of esters is 1. The summed E-state index contributed by atoms with van der Waals surface area (Å²) in [6, 6.07) is 21.9. The van der Waals surface area contributed by atoms with Crippen LogP contribution in [-0.2, 0) is 25.5 Å². The molecule has 0 unspecified atom stereocenters. The highest BCUT2D eigenvalue weighted by Gasteiger charge is 2.30. The van der Waals surface area contributed by atoms with Gasteiger partial charge in [0.25, 0.3) is 5.91 Å². The minimum Gasteiger partial charge on any atom is -0.484 e. The Kier molecular flexibility index (Phi) is 10.8. The largest absolute Gasteiger partial charge is 0.484 e. The van der Waals surface area contributed by atoms with E-state index in [0.29, 0.717) is 31.9 Å². The van der Waals surface area contributed by atoms with Crippen LogP contribution in [-0.4, -0.2) is 102 Å². The molecule has 0 saturated carbocycles. The zero-order valence-electron chi connectivity index (χ0n) is 27.1. The fourth-order valence-corrected chi connectivity index (χ4v) is 5.95. The third-order valence-corrected chi connectivity index (χ3v) is 8.25. The van der Waals surface area contributed by atoms with Crippen LogP contribution in [0.2, 0.25) is 0 Å². The van der Waals surface area contributed by atoms with Crippen molar-refractivity contribution in [2.75, 3.05) is 45.9 Å². The predicted molar refractivity (Wildman–Crippen MR) is 175 cm³/mol. The van der Waals surface area contributed by atoms with Crippen molar-refractivity contribution in [1.82, 2.24) is 15.1 Å². The zero-order valence-corrected chi connectivity index (χ0v) is 27.1. The highest BCUT2D eigenvalue weighted by Crippen LogP contribution is 2.44. The Hall–Kier alpha value is -4.45. The van der Waals surface area contributed by atoms with E-state index in [1.807, 2.05) is 62.1 Å². The first kappa shape index (κ1) is 33.9. The molecule has 3 N–H and O–H groups in total. The number of amides is 2. The number of hydrogen-bond donors (Lipinski definition) is 3. The van der Waals surface area contributed by atoms with E-state index < -0.39 is 24.0 Å². The topological polar surface area (TPSA) is 138 Å². The number of carbonyl (C=O) groups is 3. The SMILES string of the molecule is CC(C)(C)OC(=O)CN1CCN(C(=O)COc2ccc(C[C@H](NC(=O)OCC3c4ccccc4-c4ccccc43)C(O)O)cc2)CC1. The monoisotopic (exact) mass is 645 g/mol. The molecule has 0 aromatic heterocycles. The molecule has 1 fully saturated rings. The third-order valence-electron chi connectivity index (χ3n) is 8.25. The Morgan fingerprint density at radius 1 is 0.872 bits per heavy atom. The van der Waals surface area contributed by atoms with Crippen LogP contribution in [0.4, 0.5) is 4.79 Å². The van der Waals surface area contributed by atoms with Crippen molar-refractivity contribution in [3.63, 3.8) is 0 Å². The molecule has 5 rings (SSSR count). The number of carbonyl (C=O) groups excluding carboxylic acids is 3. The summed E-state index contributed by atoms with van der Waals surface area (Å²) in [5.41, 5.74) is 4.60. The molecule has 2 amide bonds. The summed E-state index contributed by atoms with van der Waals surface area (Å²) in [5.74, 6) is -0.0614. The van der Waals surface area contributed by atoms with Gasteiger partial charge in [-0.25, -0.2) is 4.79 Å². The lowest BCUT2D eigenvalue weighted by molar-refractivity contribution is -0.156. The molecule has 11 nitrogen and oxygen atoms in total. The summed E-state index contributed by atoms with van der Waals surface area (Å²) in [5, 5.41) is 22.5. The zero-order chi connectivity index (χ0) is 33.6. The number of rotatable bonds is 11. The summed E-state index contributed by atoms with van der Waals surface area (Å²) >= 11 is 0. The first-order valence-corrected chi connectivity index (χ1v) is 15.9. The molecule has 1 saturated heterocycles. The van der Waals surface area contributed by atoms with E-state index in [9.17, 15) is 24.6 Å². The van der Waals surface area contributed by atoms with Crippen LogP contribution in [0.25, 0.3) is 11.1 Å². The summed E-state index contributed by atoms with van der Waals surface area (Å²) < 4.78 is 16.6. The lowest BCUT2D eigenvalue weighted by Gasteiger charge is -2.34. The maximum absolute atomic E-state index is 12.7. The summed E-state index contributed by atoms with van der Waals surface area (Å²) in [6.07, 6.45) is -2.42. The first-order chi connectivity index (χ1) is 22.5. The Labute approximate surface area is 275 Å². The molecular weight excluding hydrogens is 602 g/mol. The number of hydrogen-bond acceptors (Lipinski definition) is 9. The number of piperazine rings is 1. The lowest BCUT2D eigenvalue weighted by atomic mass is 9.98. The molecule has 0 bridgehead atoms. The number of alkyl carbamates (subject to hydrolysis) is 1. The summed E-state index contributed by atoms with van der Waals surface area (Å²) in [6.45, 7) is 7.79. The molecule has 0 radical (unpaired) electrons. The van der Waals surface area contributed by atoms with E-state index >= 15 is 0 Å². The van der Waals surface area contributed by atoms with Crippen molar-refractivity contribution in [1.29, 1.82) is 0 Å². The van der Waals surface area contributed by atoms with Crippen molar-refractivity contribution in [2.24, 2.45) is 0 Å². The summed E-state index contributed by atoms with van der Waals surface area (Å²) in [4.78, 5) is 41.2. The summed E-state index contributed by atoms with van der Waals surface area (Å²) in [7, 11) is 0. The first-order valence-electron chi connectivity index (χ1n) is 15.9. The molecule has 11 heteroatoms. The molecular formula is C36H43N3O8. The number of nitrogens with one attached hydrogen (secondary N) is 1. The molecule has 250 valence electrons. The van der Waals surface area contributed by atoms with Crippen molar-refractivity contribution < 1.29 is 38.8 Å². The molecule has 0 spiro atoms. The van der Waals surface area contributed by atoms with Gasteiger partial charge in [-0.3, -0.25) is 14.5 Å². The van der Waals surface area contributed by atoms with Crippen LogP contribution in [0, 0.1) is 0 Å². The third kappa shape index (κ3) is 9.09. The van der Waals surface area contributed by atoms with Gasteiger partial charge < -0.3 is 34.6 Å². The van der Waals surface area contributed by atoms with Gasteiger partial charge in [-0.05, 0) is 67.1 Å². The fourth-order valence-electron chi connectivity index (χ4n) is 5.95. The van der Waals surface area contributed by atoms with Crippen molar-refractivity contribution in [2.45, 2.75) is 51.0 Å². The minimum atomic E-state index is -1.81. The second kappa shape index (κ2) is 15.0. The number of fused-ring (bicyclic) bond motifs is 3. The van der Waals surface area contributed by atoms with Gasteiger partial charge in [-0.2, -0.15) is 0 Å². The second-order valence-corrected chi connectivity index (χ2v) is 12.9. The Balaban J connectivity index is 1.06. The van der Waals surface area contributed by atoms with Crippen molar-refractivity contribution in [3.8, 4) is 16.9 Å². The molecule has 3 aromatic rings. The molecule has 47 heavy (non-hydrogen) atoms. The van der Waals surface area contributed by atoms with E-state index in [1.54, 1.807) is 29.2 Å². The fraction of sp³-hybridized carbons (Fsp3) is 0.417. The molecule has 1 heterocycles. The van der Waals surface area contributed by atoms with Gasteiger partial charge in [-0.1, -0.05) is 60.7 Å². The van der Waals surface area contributed by atoms with Gasteiger partial charge in [-0.15, -0.1) is 0 Å². The van der Waals surface area contributed by atoms with Crippen molar-refractivity contribution >= 4 is 18.0 Å². The van der Waals surface area contributed by atoms with Crippen LogP contribution in [0.15, 0.2) is 72.8 Å².